The van der Waals surface area contributed by atoms with Gasteiger partial charge < -0.3 is 10.4 Å². The predicted molar refractivity (Wildman–Crippen MR) is 83.1 cm³/mol. The highest BCUT2D eigenvalue weighted by molar-refractivity contribution is 14.1. The molecule has 0 radical (unpaired) electrons. The van der Waals surface area contributed by atoms with E-state index in [1.807, 2.05) is 31.2 Å². The molecule has 0 aliphatic carbocycles. The molecule has 1 amide bonds. The first-order valence-corrected chi connectivity index (χ1v) is 7.30. The number of rotatable bonds is 5. The molecule has 2 rings (SSSR count). The maximum atomic E-state index is 11.9. The minimum atomic E-state index is -0.637. The minimum Gasteiger partial charge on any atom is -0.387 e. The first kappa shape index (κ1) is 14.9. The molecule has 7 heteroatoms. The van der Waals surface area contributed by atoms with Crippen molar-refractivity contribution in [3.8, 4) is 0 Å². The lowest BCUT2D eigenvalue weighted by atomic mass is 10.2. The Balaban J connectivity index is 1.96. The number of aromatic nitrogens is 3. The van der Waals surface area contributed by atoms with E-state index >= 15 is 0 Å². The molecular formula is C13H15IN4O2. The minimum absolute atomic E-state index is 0.0644. The summed E-state index contributed by atoms with van der Waals surface area (Å²) in [5, 5.41) is 20.1. The predicted octanol–water partition coefficient (Wildman–Crippen LogP) is 1.96. The van der Waals surface area contributed by atoms with Crippen LogP contribution in [0, 0.1) is 3.57 Å². The van der Waals surface area contributed by atoms with Crippen LogP contribution < -0.4 is 5.32 Å². The van der Waals surface area contributed by atoms with Gasteiger partial charge in [-0.05, 0) is 47.2 Å². The summed E-state index contributed by atoms with van der Waals surface area (Å²) in [6.45, 7) is 1.92. The molecular weight excluding hydrogens is 371 g/mol. The topological polar surface area (TPSA) is 80.0 Å². The van der Waals surface area contributed by atoms with Crippen LogP contribution in [-0.4, -0.2) is 26.0 Å². The van der Waals surface area contributed by atoms with Gasteiger partial charge in [-0.25, -0.2) is 4.68 Å². The van der Waals surface area contributed by atoms with Crippen molar-refractivity contribution in [2.45, 2.75) is 26.0 Å². The lowest BCUT2D eigenvalue weighted by Crippen LogP contribution is -2.19. The number of benzene rings is 1. The zero-order valence-corrected chi connectivity index (χ0v) is 13.1. The molecule has 0 aliphatic heterocycles. The van der Waals surface area contributed by atoms with Gasteiger partial charge in [-0.2, -0.15) is 0 Å². The third-order valence-corrected chi connectivity index (χ3v) is 3.37. The summed E-state index contributed by atoms with van der Waals surface area (Å²) in [6, 6.07) is 7.54. The summed E-state index contributed by atoms with van der Waals surface area (Å²) in [5.74, 6) is -0.186. The molecule has 106 valence electrons. The van der Waals surface area contributed by atoms with Crippen LogP contribution in [0.5, 0.6) is 0 Å². The lowest BCUT2D eigenvalue weighted by Gasteiger charge is -2.05. The molecule has 1 aromatic carbocycles. The van der Waals surface area contributed by atoms with E-state index in [9.17, 15) is 9.90 Å². The maximum absolute atomic E-state index is 11.9. The Bertz CT molecular complexity index is 600. The molecule has 1 heterocycles. The second-order valence-corrected chi connectivity index (χ2v) is 5.57. The highest BCUT2D eigenvalue weighted by Gasteiger charge is 2.11. The van der Waals surface area contributed by atoms with Gasteiger partial charge in [0.2, 0.25) is 5.91 Å². The summed E-state index contributed by atoms with van der Waals surface area (Å²) in [5.41, 5.74) is 1.23. The number of hydrogen-bond acceptors (Lipinski definition) is 4. The van der Waals surface area contributed by atoms with E-state index < -0.39 is 6.10 Å². The van der Waals surface area contributed by atoms with Gasteiger partial charge in [0.25, 0.3) is 0 Å². The number of anilines is 1. The van der Waals surface area contributed by atoms with Crippen LogP contribution in [0.2, 0.25) is 0 Å². The molecule has 0 bridgehead atoms. The Morgan fingerprint density at radius 2 is 2.35 bits per heavy atom. The largest absolute Gasteiger partial charge is 0.387 e. The number of carbonyl (C=O) groups excluding carboxylic acids is 1. The Hall–Kier alpha value is -1.48. The molecule has 1 aromatic heterocycles. The average Bonchev–Trinajstić information content (AvgIpc) is 2.86. The molecule has 1 unspecified atom stereocenters. The third kappa shape index (κ3) is 4.01. The van der Waals surface area contributed by atoms with Crippen LogP contribution >= 0.6 is 22.6 Å². The van der Waals surface area contributed by atoms with E-state index in [4.69, 9.17) is 0 Å². The number of nitrogens with zero attached hydrogens (tertiary/aromatic N) is 3. The average molecular weight is 386 g/mol. The molecule has 0 aliphatic rings. The van der Waals surface area contributed by atoms with Gasteiger partial charge in [0.05, 0.1) is 12.3 Å². The van der Waals surface area contributed by atoms with E-state index in [-0.39, 0.29) is 12.5 Å². The number of carbonyl (C=O) groups is 1. The monoisotopic (exact) mass is 386 g/mol. The number of aliphatic hydroxyl groups excluding tert-OH is 1. The summed E-state index contributed by atoms with van der Waals surface area (Å²) in [7, 11) is 0. The molecule has 20 heavy (non-hydrogen) atoms. The second-order valence-electron chi connectivity index (χ2n) is 4.32. The lowest BCUT2D eigenvalue weighted by molar-refractivity contribution is -0.116. The SMILES string of the molecule is CCC(O)c1cn(CC(=O)Nc2cccc(I)c2)nn1. The van der Waals surface area contributed by atoms with Gasteiger partial charge in [-0.1, -0.05) is 18.2 Å². The fraction of sp³-hybridized carbons (Fsp3) is 0.308. The molecule has 1 atom stereocenters. The number of hydrogen-bond donors (Lipinski definition) is 2. The van der Waals surface area contributed by atoms with E-state index in [2.05, 4.69) is 38.2 Å². The van der Waals surface area contributed by atoms with Crippen molar-refractivity contribution in [2.24, 2.45) is 0 Å². The van der Waals surface area contributed by atoms with Crippen molar-refractivity contribution in [3.05, 3.63) is 39.7 Å². The molecule has 6 nitrogen and oxygen atoms in total. The van der Waals surface area contributed by atoms with Crippen molar-refractivity contribution < 1.29 is 9.90 Å². The summed E-state index contributed by atoms with van der Waals surface area (Å²) < 4.78 is 2.46. The number of halogens is 1. The molecule has 2 N–H and O–H groups in total. The summed E-state index contributed by atoms with van der Waals surface area (Å²) in [4.78, 5) is 11.9. The Labute approximate surface area is 130 Å². The Morgan fingerprint density at radius 1 is 1.55 bits per heavy atom. The van der Waals surface area contributed by atoms with E-state index in [1.165, 1.54) is 4.68 Å². The first-order chi connectivity index (χ1) is 9.58. The van der Waals surface area contributed by atoms with Crippen LogP contribution in [0.15, 0.2) is 30.5 Å². The normalized spacial score (nSPS) is 12.2. The molecule has 0 saturated carbocycles. The van der Waals surface area contributed by atoms with E-state index in [1.54, 1.807) is 6.20 Å². The van der Waals surface area contributed by atoms with Gasteiger partial charge in [0, 0.05) is 9.26 Å². The molecule has 2 aromatic rings. The molecule has 0 saturated heterocycles. The zero-order chi connectivity index (χ0) is 14.5. The van der Waals surface area contributed by atoms with Crippen LogP contribution in [0.25, 0.3) is 0 Å². The smallest absolute Gasteiger partial charge is 0.246 e. The van der Waals surface area contributed by atoms with Crippen molar-refractivity contribution in [1.82, 2.24) is 15.0 Å². The van der Waals surface area contributed by atoms with Gasteiger partial charge in [-0.15, -0.1) is 5.10 Å². The van der Waals surface area contributed by atoms with Gasteiger partial charge >= 0.3 is 0 Å². The van der Waals surface area contributed by atoms with Crippen LogP contribution in [0.1, 0.15) is 25.1 Å². The van der Waals surface area contributed by atoms with Crippen molar-refractivity contribution in [2.75, 3.05) is 5.32 Å². The van der Waals surface area contributed by atoms with E-state index in [0.29, 0.717) is 12.1 Å². The van der Waals surface area contributed by atoms with Crippen molar-refractivity contribution in [1.29, 1.82) is 0 Å². The van der Waals surface area contributed by atoms with Gasteiger partial charge in [-0.3, -0.25) is 4.79 Å². The fourth-order valence-corrected chi connectivity index (χ4v) is 2.21. The number of nitrogens with one attached hydrogen (secondary N) is 1. The van der Waals surface area contributed by atoms with Crippen LogP contribution in [0.3, 0.4) is 0 Å². The highest BCUT2D eigenvalue weighted by atomic mass is 127. The van der Waals surface area contributed by atoms with Crippen molar-refractivity contribution >= 4 is 34.2 Å². The number of amides is 1. The molecule has 0 fully saturated rings. The Kier molecular flexibility index (Phi) is 5.07. The van der Waals surface area contributed by atoms with Gasteiger partial charge in [0.1, 0.15) is 12.2 Å². The summed E-state index contributed by atoms with van der Waals surface area (Å²) in [6.07, 6.45) is 1.51. The number of aliphatic hydroxyl groups is 1. The van der Waals surface area contributed by atoms with Crippen LogP contribution in [-0.2, 0) is 11.3 Å². The standard InChI is InChI=1S/C13H15IN4O2/c1-2-12(19)11-7-18(17-16-11)8-13(20)15-10-5-3-4-9(14)6-10/h3-7,12,19H,2,8H2,1H3,(H,15,20). The summed E-state index contributed by atoms with van der Waals surface area (Å²) >= 11 is 2.18. The first-order valence-electron chi connectivity index (χ1n) is 6.22. The zero-order valence-electron chi connectivity index (χ0n) is 11.0. The molecule has 0 spiro atoms. The quantitative estimate of drug-likeness (QED) is 0.771. The van der Waals surface area contributed by atoms with Crippen LogP contribution in [0.4, 0.5) is 5.69 Å². The van der Waals surface area contributed by atoms with E-state index in [0.717, 1.165) is 9.26 Å². The maximum Gasteiger partial charge on any atom is 0.246 e. The second kappa shape index (κ2) is 6.80. The fourth-order valence-electron chi connectivity index (χ4n) is 1.67. The third-order valence-electron chi connectivity index (χ3n) is 2.70. The highest BCUT2D eigenvalue weighted by Crippen LogP contribution is 2.13. The van der Waals surface area contributed by atoms with Gasteiger partial charge in [0.15, 0.2) is 0 Å². The Morgan fingerprint density at radius 3 is 3.05 bits per heavy atom. The van der Waals surface area contributed by atoms with Crippen molar-refractivity contribution in [3.63, 3.8) is 0 Å².